The van der Waals surface area contributed by atoms with E-state index in [9.17, 15) is 13.2 Å². The highest BCUT2D eigenvalue weighted by molar-refractivity contribution is 7.90. The molecular weight excluding hydrogens is 416 g/mol. The molecule has 1 heterocycles. The topological polar surface area (TPSA) is 95.9 Å². The van der Waals surface area contributed by atoms with Crippen LogP contribution in [0.15, 0.2) is 54.6 Å². The summed E-state index contributed by atoms with van der Waals surface area (Å²) in [7, 11) is -2.50. The van der Waals surface area contributed by atoms with Gasteiger partial charge >= 0.3 is 0 Å². The molecule has 0 saturated heterocycles. The minimum atomic E-state index is -3.93. The van der Waals surface area contributed by atoms with Gasteiger partial charge in [0.1, 0.15) is 0 Å². The van der Waals surface area contributed by atoms with Crippen molar-refractivity contribution < 1.29 is 23.2 Å². The van der Waals surface area contributed by atoms with Crippen molar-refractivity contribution in [2.24, 2.45) is 0 Å². The van der Waals surface area contributed by atoms with Gasteiger partial charge in [-0.3, -0.25) is 10.0 Å². The number of benzene rings is 2. The molecular formula is C23H28N2O5S. The summed E-state index contributed by atoms with van der Waals surface area (Å²) < 4.78 is 32.1. The Balaban J connectivity index is 1.77. The number of nitrogens with zero attached hydrogens (tertiary/aromatic N) is 1. The number of hydrogen-bond acceptors (Lipinski definition) is 5. The minimum absolute atomic E-state index is 0.0293. The predicted molar refractivity (Wildman–Crippen MR) is 120 cm³/mol. The molecule has 2 aromatic rings. The Hall–Kier alpha value is -2.52. The Bertz CT molecular complexity index is 1050. The summed E-state index contributed by atoms with van der Waals surface area (Å²) in [5.74, 6) is -0.945. The molecule has 1 unspecified atom stereocenters. The number of hydrogen-bond donors (Lipinski definition) is 2. The number of carbonyl (C=O) groups excluding carboxylic acids is 1. The van der Waals surface area contributed by atoms with E-state index in [0.29, 0.717) is 6.42 Å². The Kier molecular flexibility index (Phi) is 7.61. The van der Waals surface area contributed by atoms with Crippen LogP contribution in [0.4, 0.5) is 0 Å². The van der Waals surface area contributed by atoms with Crippen LogP contribution in [0.3, 0.4) is 0 Å². The van der Waals surface area contributed by atoms with Gasteiger partial charge in [0, 0.05) is 26.8 Å². The average molecular weight is 445 g/mol. The first-order valence-corrected chi connectivity index (χ1v) is 11.7. The first-order chi connectivity index (χ1) is 14.9. The van der Waals surface area contributed by atoms with Crippen molar-refractivity contribution in [2.45, 2.75) is 25.0 Å². The molecule has 1 atom stereocenters. The lowest BCUT2D eigenvalue weighted by Crippen LogP contribution is -2.48. The number of methoxy groups -OCH3 is 1. The van der Waals surface area contributed by atoms with Crippen LogP contribution in [0.1, 0.15) is 24.0 Å². The largest absolute Gasteiger partial charge is 0.385 e. The van der Waals surface area contributed by atoms with Crippen molar-refractivity contribution in [3.05, 3.63) is 65.7 Å². The van der Waals surface area contributed by atoms with E-state index in [1.54, 1.807) is 0 Å². The highest BCUT2D eigenvalue weighted by atomic mass is 32.2. The maximum absolute atomic E-state index is 13.0. The van der Waals surface area contributed by atoms with E-state index in [4.69, 9.17) is 9.94 Å². The normalized spacial score (nSPS) is 15.9. The Morgan fingerprint density at radius 3 is 2.52 bits per heavy atom. The van der Waals surface area contributed by atoms with Crippen molar-refractivity contribution in [3.8, 4) is 11.1 Å². The van der Waals surface area contributed by atoms with Gasteiger partial charge < -0.3 is 4.74 Å². The second-order valence-electron chi connectivity index (χ2n) is 7.52. The highest BCUT2D eigenvalue weighted by Gasteiger charge is 2.37. The van der Waals surface area contributed by atoms with Gasteiger partial charge in [-0.05, 0) is 47.6 Å². The molecule has 8 heteroatoms. The van der Waals surface area contributed by atoms with Crippen LogP contribution in [-0.2, 0) is 19.6 Å². The minimum Gasteiger partial charge on any atom is -0.385 e. The standard InChI is InChI=1S/C23H28N2O5S/c1-17-16-20(8-9-21(17)19-6-4-3-5-7-19)18-10-13-25(14-11-18)31(28,29)22(12-15-30-2)23(26)24-27/h3-10,16,22,27H,11-15H2,1-2H3,(H,24,26). The fourth-order valence-corrected chi connectivity index (χ4v) is 5.55. The SMILES string of the molecule is COCCC(C(=O)NO)S(=O)(=O)N1CC=C(c2ccc(-c3ccccc3)c(C)c2)CC1. The summed E-state index contributed by atoms with van der Waals surface area (Å²) in [4.78, 5) is 11.9. The van der Waals surface area contributed by atoms with E-state index in [1.165, 1.54) is 22.5 Å². The zero-order valence-electron chi connectivity index (χ0n) is 17.7. The van der Waals surface area contributed by atoms with Crippen LogP contribution >= 0.6 is 0 Å². The quantitative estimate of drug-likeness (QED) is 0.482. The third-order valence-corrected chi connectivity index (χ3v) is 7.78. The summed E-state index contributed by atoms with van der Waals surface area (Å²) in [6.07, 6.45) is 2.40. The first kappa shape index (κ1) is 23.1. The number of rotatable bonds is 8. The Morgan fingerprint density at radius 1 is 1.19 bits per heavy atom. The van der Waals surface area contributed by atoms with Crippen LogP contribution in [0.25, 0.3) is 16.7 Å². The Labute approximate surface area is 183 Å². The summed E-state index contributed by atoms with van der Waals surface area (Å²) >= 11 is 0. The predicted octanol–water partition coefficient (Wildman–Crippen LogP) is 2.99. The summed E-state index contributed by atoms with van der Waals surface area (Å²) in [6.45, 7) is 2.62. The molecule has 7 nitrogen and oxygen atoms in total. The van der Waals surface area contributed by atoms with Gasteiger partial charge in [-0.25, -0.2) is 13.9 Å². The van der Waals surface area contributed by atoms with E-state index in [0.717, 1.165) is 22.3 Å². The lowest BCUT2D eigenvalue weighted by atomic mass is 9.94. The summed E-state index contributed by atoms with van der Waals surface area (Å²) in [6, 6.07) is 16.4. The molecule has 166 valence electrons. The molecule has 0 aliphatic carbocycles. The molecule has 0 radical (unpaired) electrons. The summed E-state index contributed by atoms with van der Waals surface area (Å²) in [5.41, 5.74) is 7.09. The molecule has 0 saturated carbocycles. The van der Waals surface area contributed by atoms with E-state index < -0.39 is 21.2 Å². The van der Waals surface area contributed by atoms with Crippen molar-refractivity contribution in [3.63, 3.8) is 0 Å². The number of ether oxygens (including phenoxy) is 1. The number of sulfonamides is 1. The number of carbonyl (C=O) groups is 1. The van der Waals surface area contributed by atoms with Gasteiger partial charge in [0.2, 0.25) is 10.0 Å². The smallest absolute Gasteiger partial charge is 0.263 e. The first-order valence-electron chi connectivity index (χ1n) is 10.2. The Morgan fingerprint density at radius 2 is 1.94 bits per heavy atom. The highest BCUT2D eigenvalue weighted by Crippen LogP contribution is 2.30. The second-order valence-corrected chi connectivity index (χ2v) is 9.64. The molecule has 2 aromatic carbocycles. The molecule has 1 aliphatic rings. The maximum Gasteiger partial charge on any atom is 0.263 e. The van der Waals surface area contributed by atoms with Crippen LogP contribution < -0.4 is 5.48 Å². The number of hydroxylamine groups is 1. The van der Waals surface area contributed by atoms with E-state index in [1.807, 2.05) is 24.3 Å². The van der Waals surface area contributed by atoms with Gasteiger partial charge in [0.05, 0.1) is 0 Å². The van der Waals surface area contributed by atoms with E-state index >= 15 is 0 Å². The van der Waals surface area contributed by atoms with Gasteiger partial charge in [0.15, 0.2) is 5.25 Å². The molecule has 0 spiro atoms. The van der Waals surface area contributed by atoms with Crippen molar-refractivity contribution in [1.82, 2.24) is 9.79 Å². The summed E-state index contributed by atoms with van der Waals surface area (Å²) in [5, 5.41) is 7.56. The number of nitrogens with one attached hydrogen (secondary N) is 1. The molecule has 0 bridgehead atoms. The zero-order chi connectivity index (χ0) is 22.4. The lowest BCUT2D eigenvalue weighted by Gasteiger charge is -2.29. The van der Waals surface area contributed by atoms with Crippen molar-refractivity contribution >= 4 is 21.5 Å². The van der Waals surface area contributed by atoms with Gasteiger partial charge in [0.25, 0.3) is 5.91 Å². The van der Waals surface area contributed by atoms with Crippen LogP contribution in [0.5, 0.6) is 0 Å². The number of amides is 1. The van der Waals surface area contributed by atoms with Crippen LogP contribution in [0.2, 0.25) is 0 Å². The number of aryl methyl sites for hydroxylation is 1. The molecule has 0 fully saturated rings. The van der Waals surface area contributed by atoms with Gasteiger partial charge in [-0.1, -0.05) is 54.6 Å². The molecule has 1 aliphatic heterocycles. The monoisotopic (exact) mass is 444 g/mol. The van der Waals surface area contributed by atoms with E-state index in [2.05, 4.69) is 37.3 Å². The van der Waals surface area contributed by atoms with Gasteiger partial charge in [-0.2, -0.15) is 4.31 Å². The molecule has 31 heavy (non-hydrogen) atoms. The molecule has 0 aromatic heterocycles. The van der Waals surface area contributed by atoms with Crippen molar-refractivity contribution in [1.29, 1.82) is 0 Å². The molecule has 2 N–H and O–H groups in total. The second kappa shape index (κ2) is 10.2. The fourth-order valence-electron chi connectivity index (χ4n) is 3.84. The third kappa shape index (κ3) is 5.22. The van der Waals surface area contributed by atoms with Crippen LogP contribution in [0, 0.1) is 6.92 Å². The molecule has 3 rings (SSSR count). The van der Waals surface area contributed by atoms with Crippen molar-refractivity contribution in [2.75, 3.05) is 26.8 Å². The van der Waals surface area contributed by atoms with Gasteiger partial charge in [-0.15, -0.1) is 0 Å². The maximum atomic E-state index is 13.0. The fraction of sp³-hybridized carbons (Fsp3) is 0.348. The van der Waals surface area contributed by atoms with E-state index in [-0.39, 0.29) is 26.1 Å². The van der Waals surface area contributed by atoms with Crippen LogP contribution in [-0.4, -0.2) is 55.9 Å². The average Bonchev–Trinajstić information content (AvgIpc) is 2.79. The zero-order valence-corrected chi connectivity index (χ0v) is 18.6. The lowest BCUT2D eigenvalue weighted by molar-refractivity contribution is -0.129. The third-order valence-electron chi connectivity index (χ3n) is 5.56. The molecule has 1 amide bonds.